The second-order valence-corrected chi connectivity index (χ2v) is 9.66. The first kappa shape index (κ1) is 28.8. The van der Waals surface area contributed by atoms with E-state index in [0.29, 0.717) is 16.7 Å². The zero-order valence-electron chi connectivity index (χ0n) is 22.9. The number of para-hydroxylation sites is 2. The van der Waals surface area contributed by atoms with Crippen LogP contribution in [0.4, 0.5) is 20.6 Å². The van der Waals surface area contributed by atoms with Crippen LogP contribution in [0.25, 0.3) is 0 Å². The molecule has 11 heteroatoms. The number of benzodiazepines with no additional fused rings is 1. The van der Waals surface area contributed by atoms with Crippen molar-refractivity contribution in [2.45, 2.75) is 19.7 Å². The molecule has 0 saturated carbocycles. The smallest absolute Gasteiger partial charge is 0.409 e. The minimum Gasteiger partial charge on any atom is -0.445 e. The van der Waals surface area contributed by atoms with Crippen LogP contribution >= 0.6 is 0 Å². The highest BCUT2D eigenvalue weighted by Gasteiger charge is 2.36. The summed E-state index contributed by atoms with van der Waals surface area (Å²) in [6.45, 7) is 1.00. The SMILES string of the molecule is Cc1cccc2c1N(CC(=O)c1ccccc1[N+](=O)[O-])C(=O)[C@@H](NC(=O)OCc1ccccc1)N=C2c1ccccc1F. The van der Waals surface area contributed by atoms with E-state index < -0.39 is 46.9 Å². The van der Waals surface area contributed by atoms with Crippen molar-refractivity contribution >= 4 is 34.9 Å². The Kier molecular flexibility index (Phi) is 8.33. The molecule has 0 spiro atoms. The third kappa shape index (κ3) is 6.15. The average Bonchev–Trinajstić information content (AvgIpc) is 3.12. The summed E-state index contributed by atoms with van der Waals surface area (Å²) in [5, 5.41) is 14.1. The summed E-state index contributed by atoms with van der Waals surface area (Å²) in [5.41, 5.74) is 1.37. The summed E-state index contributed by atoms with van der Waals surface area (Å²) in [4.78, 5) is 57.0. The number of aryl methyl sites for hydroxylation is 1. The first-order valence-electron chi connectivity index (χ1n) is 13.2. The number of amides is 2. The molecule has 4 aromatic carbocycles. The van der Waals surface area contributed by atoms with Crippen molar-refractivity contribution in [2.75, 3.05) is 11.4 Å². The monoisotopic (exact) mass is 580 g/mol. The maximum Gasteiger partial charge on any atom is 0.409 e. The van der Waals surface area contributed by atoms with Crippen LogP contribution in [-0.2, 0) is 16.1 Å². The Bertz CT molecular complexity index is 1760. The molecule has 1 atom stereocenters. The molecule has 1 aliphatic heterocycles. The van der Waals surface area contributed by atoms with Crippen LogP contribution in [0.3, 0.4) is 0 Å². The van der Waals surface area contributed by atoms with Gasteiger partial charge in [0.15, 0.2) is 5.78 Å². The highest BCUT2D eigenvalue weighted by Crippen LogP contribution is 2.33. The number of rotatable bonds is 8. The molecule has 0 unspecified atom stereocenters. The topological polar surface area (TPSA) is 131 Å². The Labute approximate surface area is 245 Å². The summed E-state index contributed by atoms with van der Waals surface area (Å²) in [6, 6.07) is 25.2. The maximum absolute atomic E-state index is 15.1. The molecule has 2 amide bonds. The van der Waals surface area contributed by atoms with Crippen molar-refractivity contribution in [1.29, 1.82) is 0 Å². The van der Waals surface area contributed by atoms with Crippen LogP contribution in [0.15, 0.2) is 102 Å². The quantitative estimate of drug-likeness (QED) is 0.170. The predicted octanol–water partition coefficient (Wildman–Crippen LogP) is 5.36. The number of aliphatic imine (C=N–C) groups is 1. The summed E-state index contributed by atoms with van der Waals surface area (Å²) in [5.74, 6) is -2.14. The number of carbonyl (C=O) groups is 3. The Balaban J connectivity index is 1.57. The Hall–Kier alpha value is -5.71. The second-order valence-electron chi connectivity index (χ2n) is 9.66. The van der Waals surface area contributed by atoms with Gasteiger partial charge >= 0.3 is 6.09 Å². The summed E-state index contributed by atoms with van der Waals surface area (Å²) >= 11 is 0. The lowest BCUT2D eigenvalue weighted by atomic mass is 9.97. The van der Waals surface area contributed by atoms with Gasteiger partial charge in [0, 0.05) is 17.2 Å². The number of carbonyl (C=O) groups excluding carboxylic acids is 3. The molecular formula is C32H25FN4O6. The summed E-state index contributed by atoms with van der Waals surface area (Å²) in [7, 11) is 0. The van der Waals surface area contributed by atoms with E-state index in [-0.39, 0.29) is 29.1 Å². The average molecular weight is 581 g/mol. The van der Waals surface area contributed by atoms with Crippen molar-refractivity contribution in [1.82, 2.24) is 5.32 Å². The fourth-order valence-corrected chi connectivity index (χ4v) is 4.81. The zero-order valence-corrected chi connectivity index (χ0v) is 22.9. The van der Waals surface area contributed by atoms with E-state index >= 15 is 4.39 Å². The van der Waals surface area contributed by atoms with E-state index in [0.717, 1.165) is 4.90 Å². The van der Waals surface area contributed by atoms with Crippen LogP contribution in [0.1, 0.15) is 32.6 Å². The predicted molar refractivity (Wildman–Crippen MR) is 157 cm³/mol. The standard InChI is InChI=1S/C32H25FN4O6/c1-20-10-9-15-24-28(22-13-5-7-16-25(22)33)34-30(35-32(40)43-19-21-11-3-2-4-12-21)31(39)36(29(20)24)18-27(38)23-14-6-8-17-26(23)37(41)42/h2-17,30H,18-19H2,1H3,(H,35,40)/t30-/m1/s1. The van der Waals surface area contributed by atoms with Gasteiger partial charge in [-0.25, -0.2) is 14.2 Å². The van der Waals surface area contributed by atoms with E-state index in [9.17, 15) is 24.5 Å². The molecule has 1 N–H and O–H groups in total. The van der Waals surface area contributed by atoms with Gasteiger partial charge in [-0.2, -0.15) is 0 Å². The molecule has 0 aromatic heterocycles. The number of fused-ring (bicyclic) bond motifs is 1. The molecule has 1 aliphatic rings. The number of hydrogen-bond acceptors (Lipinski definition) is 7. The lowest BCUT2D eigenvalue weighted by Crippen LogP contribution is -2.49. The number of hydrogen-bond donors (Lipinski definition) is 1. The van der Waals surface area contributed by atoms with Gasteiger partial charge in [0.1, 0.15) is 12.4 Å². The van der Waals surface area contributed by atoms with Gasteiger partial charge in [-0.3, -0.25) is 25.0 Å². The number of benzene rings is 4. The van der Waals surface area contributed by atoms with Gasteiger partial charge in [0.25, 0.3) is 11.6 Å². The Morgan fingerprint density at radius 2 is 1.63 bits per heavy atom. The zero-order chi connectivity index (χ0) is 30.5. The number of halogens is 1. The molecule has 0 saturated heterocycles. The van der Waals surface area contributed by atoms with Crippen LogP contribution < -0.4 is 10.2 Å². The highest BCUT2D eigenvalue weighted by molar-refractivity contribution is 6.22. The van der Waals surface area contributed by atoms with Crippen molar-refractivity contribution < 1.29 is 28.4 Å². The van der Waals surface area contributed by atoms with Crippen molar-refractivity contribution in [2.24, 2.45) is 4.99 Å². The molecule has 10 nitrogen and oxygen atoms in total. The third-order valence-corrected chi connectivity index (χ3v) is 6.82. The van der Waals surface area contributed by atoms with Gasteiger partial charge in [-0.15, -0.1) is 0 Å². The number of ether oxygens (including phenoxy) is 1. The van der Waals surface area contributed by atoms with Crippen molar-refractivity contribution in [3.63, 3.8) is 0 Å². The van der Waals surface area contributed by atoms with E-state index in [1.807, 2.05) is 6.07 Å². The third-order valence-electron chi connectivity index (χ3n) is 6.82. The second kappa shape index (κ2) is 12.4. The molecular weight excluding hydrogens is 555 g/mol. The molecule has 4 aromatic rings. The van der Waals surface area contributed by atoms with Crippen LogP contribution in [0.2, 0.25) is 0 Å². The molecule has 1 heterocycles. The summed E-state index contributed by atoms with van der Waals surface area (Å²) < 4.78 is 20.4. The van der Waals surface area contributed by atoms with Gasteiger partial charge in [0.05, 0.1) is 28.4 Å². The number of Topliss-reactive ketones (excluding diaryl/α,β-unsaturated/α-hetero) is 1. The molecule has 0 fully saturated rings. The molecule has 0 bridgehead atoms. The molecule has 216 valence electrons. The van der Waals surface area contributed by atoms with Gasteiger partial charge in [-0.05, 0) is 36.2 Å². The van der Waals surface area contributed by atoms with E-state index in [4.69, 9.17) is 4.74 Å². The number of alkyl carbamates (subject to hydrolysis) is 1. The van der Waals surface area contributed by atoms with E-state index in [1.165, 1.54) is 42.5 Å². The Morgan fingerprint density at radius 3 is 2.37 bits per heavy atom. The lowest BCUT2D eigenvalue weighted by Gasteiger charge is -2.26. The molecule has 5 rings (SSSR count). The van der Waals surface area contributed by atoms with E-state index in [1.54, 1.807) is 55.5 Å². The first-order valence-corrected chi connectivity index (χ1v) is 13.2. The Morgan fingerprint density at radius 1 is 0.953 bits per heavy atom. The minimum absolute atomic E-state index is 0.0680. The number of anilines is 1. The fourth-order valence-electron chi connectivity index (χ4n) is 4.81. The minimum atomic E-state index is -1.62. The van der Waals surface area contributed by atoms with Crippen LogP contribution in [0.5, 0.6) is 0 Å². The van der Waals surface area contributed by atoms with E-state index in [2.05, 4.69) is 10.3 Å². The molecule has 43 heavy (non-hydrogen) atoms. The maximum atomic E-state index is 15.1. The summed E-state index contributed by atoms with van der Waals surface area (Å²) in [6.07, 6.45) is -2.59. The fraction of sp³-hybridized carbons (Fsp3) is 0.125. The van der Waals surface area contributed by atoms with Crippen LogP contribution in [-0.4, -0.2) is 41.1 Å². The van der Waals surface area contributed by atoms with Gasteiger partial charge < -0.3 is 9.64 Å². The van der Waals surface area contributed by atoms with Crippen molar-refractivity contribution in [3.05, 3.63) is 141 Å². The first-order chi connectivity index (χ1) is 20.7. The number of nitrogens with one attached hydrogen (secondary N) is 1. The van der Waals surface area contributed by atoms with Crippen molar-refractivity contribution in [3.8, 4) is 0 Å². The van der Waals surface area contributed by atoms with Gasteiger partial charge in [-0.1, -0.05) is 72.8 Å². The number of nitro groups is 1. The van der Waals surface area contributed by atoms with Gasteiger partial charge in [0.2, 0.25) is 6.17 Å². The molecule has 0 aliphatic carbocycles. The normalized spacial score (nSPS) is 14.3. The lowest BCUT2D eigenvalue weighted by molar-refractivity contribution is -0.385. The number of nitrogens with zero attached hydrogens (tertiary/aromatic N) is 3. The molecule has 0 radical (unpaired) electrons. The largest absolute Gasteiger partial charge is 0.445 e. The number of ketones is 1. The highest BCUT2D eigenvalue weighted by atomic mass is 19.1. The number of nitro benzene ring substituents is 1. The van der Waals surface area contributed by atoms with Crippen LogP contribution in [0, 0.1) is 22.9 Å².